The summed E-state index contributed by atoms with van der Waals surface area (Å²) in [6.45, 7) is 13.9. The molecule has 0 spiro atoms. The number of carboxylic acid groups (broad SMARTS) is 3. The number of aromatic hydroxyl groups is 1. The summed E-state index contributed by atoms with van der Waals surface area (Å²) in [5, 5.41) is 46.8. The van der Waals surface area contributed by atoms with Crippen LogP contribution in [0, 0.1) is 0 Å². The van der Waals surface area contributed by atoms with Crippen molar-refractivity contribution in [3.05, 3.63) is 72.9 Å². The van der Waals surface area contributed by atoms with E-state index in [2.05, 4.69) is 49.9 Å². The van der Waals surface area contributed by atoms with Crippen LogP contribution in [0.3, 0.4) is 0 Å². The van der Waals surface area contributed by atoms with Crippen molar-refractivity contribution in [2.75, 3.05) is 19.6 Å². The van der Waals surface area contributed by atoms with Gasteiger partial charge in [0, 0.05) is 74.7 Å². The van der Waals surface area contributed by atoms with Crippen molar-refractivity contribution in [1.82, 2.24) is 30.1 Å². The minimum atomic E-state index is -4.66. The number of hydrogen-bond donors (Lipinski definition) is 10. The van der Waals surface area contributed by atoms with Gasteiger partial charge in [-0.3, -0.25) is 14.4 Å². The van der Waals surface area contributed by atoms with Gasteiger partial charge in [-0.1, -0.05) is 37.9 Å². The third kappa shape index (κ3) is 14.5. The van der Waals surface area contributed by atoms with Gasteiger partial charge in [-0.25, -0.2) is 53.8 Å². The van der Waals surface area contributed by atoms with Gasteiger partial charge in [0.15, 0.2) is 0 Å². The van der Waals surface area contributed by atoms with Crippen LogP contribution in [-0.2, 0) is 58.8 Å². The molecule has 0 aliphatic rings. The summed E-state index contributed by atoms with van der Waals surface area (Å²) in [4.78, 5) is 69.8. The normalized spacial score (nSPS) is 13.3. The Hall–Kier alpha value is -6.51. The van der Waals surface area contributed by atoms with E-state index >= 15 is 0 Å². The predicted molar refractivity (Wildman–Crippen MR) is 262 cm³/mol. The molecule has 0 heterocycles. The highest BCUT2D eigenvalue weighted by molar-refractivity contribution is 7.90. The zero-order valence-electron chi connectivity index (χ0n) is 39.2. The van der Waals surface area contributed by atoms with E-state index in [-0.39, 0.29) is 126 Å². The molecule has 0 aliphatic carbocycles. The third-order valence-electron chi connectivity index (χ3n) is 11.2. The highest BCUT2D eigenvalue weighted by Crippen LogP contribution is 2.45. The quantitative estimate of drug-likeness (QED) is 0.0204. The van der Waals surface area contributed by atoms with E-state index in [1.807, 2.05) is 0 Å². The van der Waals surface area contributed by atoms with E-state index in [0.717, 1.165) is 12.1 Å². The first kappa shape index (κ1) is 57.1. The molecule has 4 aromatic carbocycles. The molecule has 0 unspecified atom stereocenters. The number of phenolic OH excluding ortho intramolecular Hbond substituents is 1. The number of nitrogens with one attached hydrogen (secondary N) is 6. The molecule has 386 valence electrons. The van der Waals surface area contributed by atoms with Crippen LogP contribution >= 0.6 is 0 Å². The van der Waals surface area contributed by atoms with Gasteiger partial charge in [0.1, 0.15) is 23.9 Å². The lowest BCUT2D eigenvalue weighted by atomic mass is 9.94. The molecule has 4 aromatic rings. The highest BCUT2D eigenvalue weighted by atomic mass is 32.2. The Balaban J connectivity index is 1.73. The number of hydrogen-bond acceptors (Lipinski definition) is 13. The number of rotatable bonds is 30. The number of carbonyl (C=O) groups is 6. The SMILES string of the molecule is C=C(C)C(=O)N[C@@H](CCCCNS(=O)(=O)c1cc(O)c2ccc3c(S(=O)(=O)NCCCC[C@H](NC(=O)C(=C)C)C(=O)O)cc(S(=O)(=O)NCCCC[C@H](NC(=O)C(=C)C)C(=O)O)c4ccc1c2c34)C(=O)O. The van der Waals surface area contributed by atoms with Crippen LogP contribution in [0.2, 0.25) is 0 Å². The lowest BCUT2D eigenvalue weighted by Crippen LogP contribution is -2.41. The Morgan fingerprint density at radius 2 is 0.732 bits per heavy atom. The molecule has 0 bridgehead atoms. The van der Waals surface area contributed by atoms with Gasteiger partial charge < -0.3 is 36.4 Å². The first-order chi connectivity index (χ1) is 33.1. The monoisotopic (exact) mass is 1050 g/mol. The lowest BCUT2D eigenvalue weighted by molar-refractivity contribution is -0.142. The maximum Gasteiger partial charge on any atom is 0.326 e. The molecule has 0 saturated carbocycles. The van der Waals surface area contributed by atoms with E-state index in [9.17, 15) is 74.4 Å². The number of aliphatic carboxylic acids is 3. The summed E-state index contributed by atoms with van der Waals surface area (Å²) in [5.74, 6) is -6.51. The Bertz CT molecular complexity index is 3010. The largest absolute Gasteiger partial charge is 0.507 e. The van der Waals surface area contributed by atoms with Gasteiger partial charge in [-0.2, -0.15) is 0 Å². The fraction of sp³-hybridized carbons (Fsp3) is 0.391. The van der Waals surface area contributed by atoms with Crippen LogP contribution in [0.15, 0.2) is 87.5 Å². The molecule has 0 saturated heterocycles. The van der Waals surface area contributed by atoms with Crippen LogP contribution in [0.1, 0.15) is 78.6 Å². The molecule has 0 aliphatic heterocycles. The molecule has 0 fully saturated rings. The van der Waals surface area contributed by atoms with Gasteiger partial charge in [-0.15, -0.1) is 0 Å². The second-order valence-corrected chi connectivity index (χ2v) is 22.2. The number of amides is 3. The Morgan fingerprint density at radius 3 is 1.01 bits per heavy atom. The van der Waals surface area contributed by atoms with Crippen molar-refractivity contribution >= 4 is 98.0 Å². The molecule has 10 N–H and O–H groups in total. The summed E-state index contributed by atoms with van der Waals surface area (Å²) < 4.78 is 92.2. The fourth-order valence-corrected chi connectivity index (χ4v) is 11.4. The van der Waals surface area contributed by atoms with Crippen molar-refractivity contribution in [2.45, 2.75) is 111 Å². The summed E-state index contributed by atoms with van der Waals surface area (Å²) in [6.07, 6.45) is 0.444. The summed E-state index contributed by atoms with van der Waals surface area (Å²) in [5.41, 5.74) is 0.259. The number of unbranched alkanes of at least 4 members (excludes halogenated alkanes) is 3. The Labute approximate surface area is 410 Å². The average Bonchev–Trinajstić information content (AvgIpc) is 3.28. The fourth-order valence-electron chi connectivity index (χ4n) is 7.44. The van der Waals surface area contributed by atoms with Crippen molar-refractivity contribution in [3.63, 3.8) is 0 Å². The maximum atomic E-state index is 14.3. The summed E-state index contributed by atoms with van der Waals surface area (Å²) >= 11 is 0. The van der Waals surface area contributed by atoms with Gasteiger partial charge >= 0.3 is 17.9 Å². The van der Waals surface area contributed by atoms with Crippen molar-refractivity contribution in [3.8, 4) is 5.75 Å². The number of carbonyl (C=O) groups excluding carboxylic acids is 3. The Kier molecular flexibility index (Phi) is 19.3. The number of sulfonamides is 3. The smallest absolute Gasteiger partial charge is 0.326 e. The third-order valence-corrected chi connectivity index (χ3v) is 15.7. The molecule has 3 atom stereocenters. The lowest BCUT2D eigenvalue weighted by Gasteiger charge is -2.20. The number of benzene rings is 4. The highest BCUT2D eigenvalue weighted by Gasteiger charge is 2.30. The van der Waals surface area contributed by atoms with E-state index in [1.165, 1.54) is 45.0 Å². The topological polar surface area (TPSA) is 358 Å². The zero-order chi connectivity index (χ0) is 53.2. The Morgan fingerprint density at radius 1 is 0.465 bits per heavy atom. The number of phenols is 1. The van der Waals surface area contributed by atoms with Crippen molar-refractivity contribution in [2.24, 2.45) is 0 Å². The van der Waals surface area contributed by atoms with Crippen LogP contribution in [0.25, 0.3) is 32.3 Å². The van der Waals surface area contributed by atoms with E-state index in [4.69, 9.17) is 0 Å². The molecule has 4 rings (SSSR count). The molecule has 22 nitrogen and oxygen atoms in total. The molecule has 0 radical (unpaired) electrons. The summed E-state index contributed by atoms with van der Waals surface area (Å²) in [6, 6.07) is 3.30. The van der Waals surface area contributed by atoms with E-state index in [1.54, 1.807) is 0 Å². The molecular formula is C46H58N6O16S3. The van der Waals surface area contributed by atoms with Crippen molar-refractivity contribution < 1.29 is 74.4 Å². The second-order valence-electron chi connectivity index (χ2n) is 17.0. The van der Waals surface area contributed by atoms with Gasteiger partial charge in [-0.05, 0) is 90.7 Å². The molecular weight excluding hydrogens is 989 g/mol. The van der Waals surface area contributed by atoms with Crippen LogP contribution < -0.4 is 30.1 Å². The first-order valence-electron chi connectivity index (χ1n) is 22.1. The zero-order valence-corrected chi connectivity index (χ0v) is 41.7. The molecule has 3 amide bonds. The van der Waals surface area contributed by atoms with E-state index in [0.29, 0.717) is 0 Å². The van der Waals surface area contributed by atoms with Crippen LogP contribution in [-0.4, -0.2) is 119 Å². The second kappa shape index (κ2) is 24.1. The minimum Gasteiger partial charge on any atom is -0.507 e. The maximum absolute atomic E-state index is 14.3. The van der Waals surface area contributed by atoms with Gasteiger partial charge in [0.05, 0.1) is 14.7 Å². The standard InChI is InChI=1S/C46H58N6O16S3/c1-25(2)41(54)50-32(44(57)58)13-7-10-20-47-69(63,64)36-23-35(53)28-16-17-30-37(70(65,66)48-21-11-8-14-33(45(59)60)51-42(55)26(3)4)24-38(31-19-18-29(36)39(28)40(30)31)71(67,68)49-22-12-9-15-34(46(61)62)52-43(56)27(5)6/h16-19,23-24,32-34,47-49,53H,1,3,5,7-15,20-22H2,2,4,6H3,(H,50,54)(H,51,55)(H,52,56)(H,57,58)(H,59,60)(H,61,62)/t32-,33-,34-/m0/s1. The van der Waals surface area contributed by atoms with Gasteiger partial charge in [0.2, 0.25) is 47.8 Å². The predicted octanol–water partition coefficient (Wildman–Crippen LogP) is 3.07. The molecule has 25 heteroatoms. The number of carboxylic acids is 3. The van der Waals surface area contributed by atoms with Gasteiger partial charge in [0.25, 0.3) is 0 Å². The molecule has 0 aromatic heterocycles. The van der Waals surface area contributed by atoms with Crippen LogP contribution in [0.4, 0.5) is 0 Å². The van der Waals surface area contributed by atoms with Crippen molar-refractivity contribution in [1.29, 1.82) is 0 Å². The average molecular weight is 1050 g/mol. The minimum absolute atomic E-state index is 0.0144. The first-order valence-corrected chi connectivity index (χ1v) is 26.6. The van der Waals surface area contributed by atoms with Crippen LogP contribution in [0.5, 0.6) is 5.75 Å². The molecule has 71 heavy (non-hydrogen) atoms. The van der Waals surface area contributed by atoms with E-state index < -0.39 is 104 Å². The summed E-state index contributed by atoms with van der Waals surface area (Å²) in [7, 11) is -13.8.